The number of aromatic nitrogens is 4. The summed E-state index contributed by atoms with van der Waals surface area (Å²) in [6, 6.07) is 20.6. The normalized spacial score (nSPS) is 10.2. The molecule has 8 nitrogen and oxygen atoms in total. The second-order valence-corrected chi connectivity index (χ2v) is 5.95. The van der Waals surface area contributed by atoms with Crippen LogP contribution in [0.15, 0.2) is 79.1 Å². The van der Waals surface area contributed by atoms with Crippen LogP contribution in [-0.2, 0) is 0 Å². The zero-order chi connectivity index (χ0) is 20.1. The number of hydrogen-bond donors (Lipinski definition) is 1. The highest BCUT2D eigenvalue weighted by atomic mass is 16.5. The average Bonchev–Trinajstić information content (AvgIpc) is 3.31. The average molecular weight is 382 g/mol. The molecule has 29 heavy (non-hydrogen) atoms. The second-order valence-electron chi connectivity index (χ2n) is 5.95. The minimum atomic E-state index is -0.296. The molecule has 0 unspecified atom stereocenters. The van der Waals surface area contributed by atoms with Crippen LogP contribution < -0.4 is 10.1 Å². The third-order valence-electron chi connectivity index (χ3n) is 3.95. The van der Waals surface area contributed by atoms with Gasteiger partial charge in [-0.3, -0.25) is 4.79 Å². The lowest BCUT2D eigenvalue weighted by atomic mass is 10.1. The van der Waals surface area contributed by atoms with Gasteiger partial charge in [0.15, 0.2) is 5.82 Å². The van der Waals surface area contributed by atoms with Gasteiger partial charge in [-0.05, 0) is 54.6 Å². The molecule has 0 spiro atoms. The van der Waals surface area contributed by atoms with E-state index in [4.69, 9.17) is 10.00 Å². The number of hydrogen-bond acceptors (Lipinski definition) is 6. The molecule has 0 bridgehead atoms. The van der Waals surface area contributed by atoms with Crippen LogP contribution in [0.5, 0.6) is 11.6 Å². The molecule has 4 aromatic rings. The quantitative estimate of drug-likeness (QED) is 0.565. The SMILES string of the molecule is N#Cc1cccc(C(=O)Nc2ccc(Oc3ccc(-n4cccn4)nn3)cc2)c1. The van der Waals surface area contributed by atoms with E-state index in [1.165, 1.54) is 0 Å². The molecule has 0 saturated heterocycles. The van der Waals surface area contributed by atoms with Gasteiger partial charge in [0.2, 0.25) is 5.88 Å². The van der Waals surface area contributed by atoms with Crippen molar-refractivity contribution in [3.63, 3.8) is 0 Å². The molecule has 0 aliphatic heterocycles. The van der Waals surface area contributed by atoms with Crippen molar-refractivity contribution < 1.29 is 9.53 Å². The lowest BCUT2D eigenvalue weighted by Crippen LogP contribution is -2.11. The van der Waals surface area contributed by atoms with E-state index in [0.717, 1.165) is 0 Å². The van der Waals surface area contributed by atoms with Gasteiger partial charge in [0.05, 0.1) is 11.6 Å². The van der Waals surface area contributed by atoms with Gasteiger partial charge in [0, 0.05) is 29.7 Å². The fraction of sp³-hybridized carbons (Fsp3) is 0. The van der Waals surface area contributed by atoms with E-state index in [0.29, 0.717) is 34.3 Å². The minimum absolute atomic E-state index is 0.296. The number of nitrogens with one attached hydrogen (secondary N) is 1. The molecule has 0 aliphatic rings. The van der Waals surface area contributed by atoms with Gasteiger partial charge < -0.3 is 10.1 Å². The van der Waals surface area contributed by atoms with E-state index < -0.39 is 0 Å². The molecule has 0 atom stereocenters. The summed E-state index contributed by atoms with van der Waals surface area (Å²) in [5, 5.41) is 23.9. The van der Waals surface area contributed by atoms with Crippen LogP contribution in [0.2, 0.25) is 0 Å². The minimum Gasteiger partial charge on any atom is -0.438 e. The summed E-state index contributed by atoms with van der Waals surface area (Å²) >= 11 is 0. The van der Waals surface area contributed by atoms with Crippen molar-refractivity contribution in [1.29, 1.82) is 5.26 Å². The van der Waals surface area contributed by atoms with E-state index in [1.807, 2.05) is 6.07 Å². The Bertz CT molecular complexity index is 1160. The summed E-state index contributed by atoms with van der Waals surface area (Å²) in [5.41, 5.74) is 1.45. The predicted molar refractivity (Wildman–Crippen MR) is 105 cm³/mol. The smallest absolute Gasteiger partial charge is 0.255 e. The molecule has 140 valence electrons. The van der Waals surface area contributed by atoms with Crippen LogP contribution in [0.4, 0.5) is 5.69 Å². The van der Waals surface area contributed by atoms with E-state index in [9.17, 15) is 4.79 Å². The molecule has 1 N–H and O–H groups in total. The first kappa shape index (κ1) is 17.9. The molecule has 4 rings (SSSR count). The number of benzene rings is 2. The number of ether oxygens (including phenoxy) is 1. The molecule has 0 radical (unpaired) electrons. The van der Waals surface area contributed by atoms with Gasteiger partial charge in [-0.25, -0.2) is 4.68 Å². The van der Waals surface area contributed by atoms with Crippen molar-refractivity contribution in [3.8, 4) is 23.5 Å². The first-order valence-corrected chi connectivity index (χ1v) is 8.64. The van der Waals surface area contributed by atoms with Gasteiger partial charge >= 0.3 is 0 Å². The van der Waals surface area contributed by atoms with E-state index in [-0.39, 0.29) is 5.91 Å². The summed E-state index contributed by atoms with van der Waals surface area (Å²) < 4.78 is 7.27. The summed E-state index contributed by atoms with van der Waals surface area (Å²) in [4.78, 5) is 12.3. The van der Waals surface area contributed by atoms with Crippen molar-refractivity contribution in [3.05, 3.63) is 90.3 Å². The van der Waals surface area contributed by atoms with Crippen molar-refractivity contribution >= 4 is 11.6 Å². The van der Waals surface area contributed by atoms with Crippen LogP contribution >= 0.6 is 0 Å². The molecule has 8 heteroatoms. The predicted octanol–water partition coefficient (Wildman–Crippen LogP) is 3.58. The molecule has 2 heterocycles. The Morgan fingerprint density at radius 2 is 1.90 bits per heavy atom. The largest absolute Gasteiger partial charge is 0.438 e. The van der Waals surface area contributed by atoms with Gasteiger partial charge in [-0.2, -0.15) is 10.4 Å². The number of amides is 1. The molecule has 2 aromatic carbocycles. The molecular formula is C21H14N6O2. The summed E-state index contributed by atoms with van der Waals surface area (Å²) in [5.74, 6) is 1.18. The molecule has 2 aromatic heterocycles. The maximum atomic E-state index is 12.3. The highest BCUT2D eigenvalue weighted by molar-refractivity contribution is 6.04. The van der Waals surface area contributed by atoms with Gasteiger partial charge in [0.25, 0.3) is 5.91 Å². The van der Waals surface area contributed by atoms with Gasteiger partial charge in [-0.15, -0.1) is 10.2 Å². The lowest BCUT2D eigenvalue weighted by Gasteiger charge is -2.08. The fourth-order valence-electron chi connectivity index (χ4n) is 2.55. The van der Waals surface area contributed by atoms with Crippen LogP contribution in [0.1, 0.15) is 15.9 Å². The van der Waals surface area contributed by atoms with Crippen molar-refractivity contribution in [2.75, 3.05) is 5.32 Å². The number of carbonyl (C=O) groups excluding carboxylic acids is 1. The third kappa shape index (κ3) is 4.26. The van der Waals surface area contributed by atoms with Gasteiger partial charge in [0.1, 0.15) is 5.75 Å². The Morgan fingerprint density at radius 3 is 2.59 bits per heavy atom. The molecular weight excluding hydrogens is 368 g/mol. The van der Waals surface area contributed by atoms with E-state index in [2.05, 4.69) is 20.6 Å². The highest BCUT2D eigenvalue weighted by Crippen LogP contribution is 2.22. The summed E-state index contributed by atoms with van der Waals surface area (Å²) in [6.07, 6.45) is 3.43. The van der Waals surface area contributed by atoms with Crippen LogP contribution in [0, 0.1) is 11.3 Å². The monoisotopic (exact) mass is 382 g/mol. The Balaban J connectivity index is 1.40. The summed E-state index contributed by atoms with van der Waals surface area (Å²) in [6.45, 7) is 0. The Labute approximate surface area is 166 Å². The highest BCUT2D eigenvalue weighted by Gasteiger charge is 2.08. The number of nitrogens with zero attached hydrogens (tertiary/aromatic N) is 5. The Kier molecular flexibility index (Phi) is 4.95. The van der Waals surface area contributed by atoms with Crippen molar-refractivity contribution in [2.24, 2.45) is 0 Å². The number of anilines is 1. The molecule has 1 amide bonds. The Morgan fingerprint density at radius 1 is 1.03 bits per heavy atom. The third-order valence-corrected chi connectivity index (χ3v) is 3.95. The fourth-order valence-corrected chi connectivity index (χ4v) is 2.55. The van der Waals surface area contributed by atoms with Crippen LogP contribution in [0.3, 0.4) is 0 Å². The molecule has 0 saturated carbocycles. The topological polar surface area (TPSA) is 106 Å². The number of rotatable bonds is 5. The lowest BCUT2D eigenvalue weighted by molar-refractivity contribution is 0.102. The molecule has 0 aliphatic carbocycles. The standard InChI is InChI=1S/C21H14N6O2/c22-14-15-3-1-4-16(13-15)21(28)24-17-5-7-18(8-6-17)29-20-10-9-19(25-26-20)27-12-2-11-23-27/h1-13H,(H,24,28). The van der Waals surface area contributed by atoms with Crippen LogP contribution in [0.25, 0.3) is 5.82 Å². The zero-order valence-electron chi connectivity index (χ0n) is 15.1. The van der Waals surface area contributed by atoms with Crippen molar-refractivity contribution in [2.45, 2.75) is 0 Å². The van der Waals surface area contributed by atoms with Crippen molar-refractivity contribution in [1.82, 2.24) is 20.0 Å². The second kappa shape index (κ2) is 8.02. The summed E-state index contributed by atoms with van der Waals surface area (Å²) in [7, 11) is 0. The zero-order valence-corrected chi connectivity index (χ0v) is 15.1. The van der Waals surface area contributed by atoms with Gasteiger partial charge in [-0.1, -0.05) is 6.07 Å². The van der Waals surface area contributed by atoms with Crippen LogP contribution in [-0.4, -0.2) is 25.9 Å². The van der Waals surface area contributed by atoms with E-state index >= 15 is 0 Å². The maximum Gasteiger partial charge on any atom is 0.255 e. The first-order chi connectivity index (χ1) is 14.2. The Hall–Kier alpha value is -4.51. The maximum absolute atomic E-state index is 12.3. The molecule has 0 fully saturated rings. The number of carbonyl (C=O) groups is 1. The van der Waals surface area contributed by atoms with E-state index in [1.54, 1.807) is 83.8 Å². The first-order valence-electron chi connectivity index (χ1n) is 8.64. The number of nitriles is 1.